The van der Waals surface area contributed by atoms with Crippen molar-refractivity contribution in [3.63, 3.8) is 0 Å². The van der Waals surface area contributed by atoms with Crippen LogP contribution < -0.4 is 4.74 Å². The quantitative estimate of drug-likeness (QED) is 0.224. The molecule has 0 aliphatic heterocycles. The van der Waals surface area contributed by atoms with Crippen molar-refractivity contribution in [3.05, 3.63) is 29.8 Å². The minimum Gasteiger partial charge on any atom is -0.497 e. The van der Waals surface area contributed by atoms with Gasteiger partial charge in [-0.2, -0.15) is 0 Å². The fourth-order valence-electron chi connectivity index (χ4n) is 3.39. The van der Waals surface area contributed by atoms with Gasteiger partial charge in [0.1, 0.15) is 11.9 Å². The Morgan fingerprint density at radius 2 is 1.33 bits per heavy atom. The Kier molecular flexibility index (Phi) is 13.5. The summed E-state index contributed by atoms with van der Waals surface area (Å²) in [7, 11) is 1.62. The highest BCUT2D eigenvalue weighted by atomic mass is 16.5. The second kappa shape index (κ2) is 15.5. The second-order valence-corrected chi connectivity index (χ2v) is 7.52. The maximum Gasteiger partial charge on any atom is 0.338 e. The van der Waals surface area contributed by atoms with Crippen LogP contribution in [0.3, 0.4) is 0 Å². The van der Waals surface area contributed by atoms with Crippen LogP contribution in [0.15, 0.2) is 24.3 Å². The summed E-state index contributed by atoms with van der Waals surface area (Å²) in [5.41, 5.74) is 0.597. The minimum absolute atomic E-state index is 0.0404. The lowest BCUT2D eigenvalue weighted by Crippen LogP contribution is -2.18. The molecule has 0 aliphatic rings. The van der Waals surface area contributed by atoms with Crippen molar-refractivity contribution in [2.45, 2.75) is 103 Å². The van der Waals surface area contributed by atoms with E-state index in [4.69, 9.17) is 9.47 Å². The van der Waals surface area contributed by atoms with Gasteiger partial charge < -0.3 is 9.47 Å². The van der Waals surface area contributed by atoms with E-state index in [2.05, 4.69) is 13.8 Å². The molecule has 154 valence electrons. The molecule has 1 aromatic rings. The zero-order chi connectivity index (χ0) is 19.7. The third-order valence-corrected chi connectivity index (χ3v) is 5.09. The van der Waals surface area contributed by atoms with Crippen LogP contribution >= 0.6 is 0 Å². The molecule has 1 atom stereocenters. The van der Waals surface area contributed by atoms with Crippen molar-refractivity contribution >= 4 is 5.97 Å². The first kappa shape index (κ1) is 23.5. The summed E-state index contributed by atoms with van der Waals surface area (Å²) in [6.45, 7) is 4.41. The average molecular weight is 377 g/mol. The van der Waals surface area contributed by atoms with Crippen molar-refractivity contribution in [2.24, 2.45) is 0 Å². The Bertz CT molecular complexity index is 481. The molecule has 0 spiro atoms. The van der Waals surface area contributed by atoms with E-state index < -0.39 is 0 Å². The fraction of sp³-hybridized carbons (Fsp3) is 0.708. The van der Waals surface area contributed by atoms with E-state index >= 15 is 0 Å². The van der Waals surface area contributed by atoms with Gasteiger partial charge in [-0.05, 0) is 43.5 Å². The van der Waals surface area contributed by atoms with Crippen LogP contribution in [-0.2, 0) is 4.74 Å². The van der Waals surface area contributed by atoms with Crippen LogP contribution in [0, 0.1) is 0 Å². The molecule has 0 saturated heterocycles. The molecule has 3 heteroatoms. The second-order valence-electron chi connectivity index (χ2n) is 7.52. The van der Waals surface area contributed by atoms with Gasteiger partial charge in [-0.15, -0.1) is 0 Å². The predicted molar refractivity (Wildman–Crippen MR) is 114 cm³/mol. The van der Waals surface area contributed by atoms with Crippen molar-refractivity contribution in [1.82, 2.24) is 0 Å². The number of carbonyl (C=O) groups excluding carboxylic acids is 1. The van der Waals surface area contributed by atoms with Crippen LogP contribution in [0.2, 0.25) is 0 Å². The normalized spacial score (nSPS) is 12.0. The largest absolute Gasteiger partial charge is 0.497 e. The van der Waals surface area contributed by atoms with Crippen molar-refractivity contribution in [3.8, 4) is 5.75 Å². The summed E-state index contributed by atoms with van der Waals surface area (Å²) >= 11 is 0. The van der Waals surface area contributed by atoms with Crippen molar-refractivity contribution in [2.75, 3.05) is 7.11 Å². The highest BCUT2D eigenvalue weighted by molar-refractivity contribution is 5.89. The molecule has 0 aliphatic carbocycles. The molecule has 0 N–H and O–H groups in total. The summed E-state index contributed by atoms with van der Waals surface area (Å²) in [5, 5.41) is 0. The number of hydrogen-bond donors (Lipinski definition) is 0. The average Bonchev–Trinajstić information content (AvgIpc) is 2.69. The number of methoxy groups -OCH3 is 1. The van der Waals surface area contributed by atoms with Crippen molar-refractivity contribution in [1.29, 1.82) is 0 Å². The van der Waals surface area contributed by atoms with Crippen molar-refractivity contribution < 1.29 is 14.3 Å². The molecule has 0 fully saturated rings. The molecule has 0 radical (unpaired) electrons. The number of esters is 1. The highest BCUT2D eigenvalue weighted by Gasteiger charge is 2.15. The SMILES string of the molecule is CCCCCCCCCCCCC(CCC)OC(=O)c1ccc(OC)cc1. The van der Waals surface area contributed by atoms with E-state index in [1.807, 2.05) is 0 Å². The Morgan fingerprint density at radius 1 is 0.778 bits per heavy atom. The molecule has 27 heavy (non-hydrogen) atoms. The zero-order valence-corrected chi connectivity index (χ0v) is 17.8. The van der Waals surface area contributed by atoms with Gasteiger partial charge >= 0.3 is 5.97 Å². The van der Waals surface area contributed by atoms with E-state index in [9.17, 15) is 4.79 Å². The lowest BCUT2D eigenvalue weighted by molar-refractivity contribution is 0.0253. The summed E-state index contributed by atoms with van der Waals surface area (Å²) in [5.74, 6) is 0.533. The van der Waals surface area contributed by atoms with Gasteiger partial charge in [-0.25, -0.2) is 4.79 Å². The van der Waals surface area contributed by atoms with Gasteiger partial charge in [0.05, 0.1) is 12.7 Å². The molecule has 0 aromatic heterocycles. The monoisotopic (exact) mass is 376 g/mol. The number of unbranched alkanes of at least 4 members (excludes halogenated alkanes) is 9. The molecular formula is C24H40O3. The highest BCUT2D eigenvalue weighted by Crippen LogP contribution is 2.18. The number of benzene rings is 1. The molecule has 0 saturated carbocycles. The first-order valence-electron chi connectivity index (χ1n) is 11.1. The standard InChI is InChI=1S/C24H40O3/c1-4-6-7-8-9-10-11-12-13-14-16-23(15-5-2)27-24(25)21-17-19-22(26-3)20-18-21/h17-20,23H,4-16H2,1-3H3. The molecule has 1 aromatic carbocycles. The molecule has 1 unspecified atom stereocenters. The third-order valence-electron chi connectivity index (χ3n) is 5.09. The smallest absolute Gasteiger partial charge is 0.338 e. The summed E-state index contributed by atoms with van der Waals surface area (Å²) in [4.78, 5) is 12.3. The topological polar surface area (TPSA) is 35.5 Å². The third kappa shape index (κ3) is 11.0. The number of rotatable bonds is 16. The predicted octanol–water partition coefficient (Wildman–Crippen LogP) is 7.33. The Hall–Kier alpha value is -1.51. The van der Waals surface area contributed by atoms with E-state index in [-0.39, 0.29) is 12.1 Å². The van der Waals surface area contributed by atoms with E-state index in [0.717, 1.165) is 31.4 Å². The van der Waals surface area contributed by atoms with E-state index in [0.29, 0.717) is 5.56 Å². The fourth-order valence-corrected chi connectivity index (χ4v) is 3.39. The summed E-state index contributed by atoms with van der Waals surface area (Å²) < 4.78 is 10.9. The Balaban J connectivity index is 2.20. The van der Waals surface area contributed by atoms with Gasteiger partial charge in [-0.3, -0.25) is 0 Å². The van der Waals surface area contributed by atoms with Crippen LogP contribution in [0.1, 0.15) is 108 Å². The van der Waals surface area contributed by atoms with E-state index in [1.165, 1.54) is 57.8 Å². The Labute approximate surface area is 166 Å². The maximum absolute atomic E-state index is 12.3. The first-order chi connectivity index (χ1) is 13.2. The first-order valence-corrected chi connectivity index (χ1v) is 11.1. The molecule has 1 rings (SSSR count). The molecule has 0 bridgehead atoms. The van der Waals surface area contributed by atoms with Gasteiger partial charge in [0.25, 0.3) is 0 Å². The lowest BCUT2D eigenvalue weighted by Gasteiger charge is -2.17. The minimum atomic E-state index is -0.219. The zero-order valence-electron chi connectivity index (χ0n) is 17.8. The van der Waals surface area contributed by atoms with Crippen LogP contribution in [0.4, 0.5) is 0 Å². The van der Waals surface area contributed by atoms with E-state index in [1.54, 1.807) is 31.4 Å². The number of hydrogen-bond acceptors (Lipinski definition) is 3. The van der Waals surface area contributed by atoms with Crippen LogP contribution in [-0.4, -0.2) is 19.2 Å². The number of carbonyl (C=O) groups is 1. The summed E-state index contributed by atoms with van der Waals surface area (Å²) in [6, 6.07) is 7.14. The maximum atomic E-state index is 12.3. The molecular weight excluding hydrogens is 336 g/mol. The summed E-state index contributed by atoms with van der Waals surface area (Å²) in [6.07, 6.45) is 16.3. The molecule has 0 heterocycles. The van der Waals surface area contributed by atoms with Gasteiger partial charge in [0.2, 0.25) is 0 Å². The number of ether oxygens (including phenoxy) is 2. The van der Waals surface area contributed by atoms with Gasteiger partial charge in [0.15, 0.2) is 0 Å². The van der Waals surface area contributed by atoms with Crippen LogP contribution in [0.5, 0.6) is 5.75 Å². The van der Waals surface area contributed by atoms with Gasteiger partial charge in [-0.1, -0.05) is 78.1 Å². The molecule has 0 amide bonds. The lowest BCUT2D eigenvalue weighted by atomic mass is 10.0. The van der Waals surface area contributed by atoms with Gasteiger partial charge in [0, 0.05) is 0 Å². The Morgan fingerprint density at radius 3 is 1.85 bits per heavy atom. The molecule has 3 nitrogen and oxygen atoms in total. The van der Waals surface area contributed by atoms with Crippen LogP contribution in [0.25, 0.3) is 0 Å².